The molecule has 0 saturated carbocycles. The summed E-state index contributed by atoms with van der Waals surface area (Å²) in [6.45, 7) is 0. The van der Waals surface area contributed by atoms with Gasteiger partial charge in [-0.2, -0.15) is 4.98 Å². The third-order valence-electron chi connectivity index (χ3n) is 3.51. The average molecular weight is 457 g/mol. The summed E-state index contributed by atoms with van der Waals surface area (Å²) >= 11 is 3.26. The molecule has 1 heterocycles. The summed E-state index contributed by atoms with van der Waals surface area (Å²) < 4.78 is 55.1. The van der Waals surface area contributed by atoms with Crippen LogP contribution in [0.4, 0.5) is 35.0 Å². The second-order valence-corrected chi connectivity index (χ2v) is 6.39. The molecule has 2 N–H and O–H groups in total. The van der Waals surface area contributed by atoms with Gasteiger partial charge >= 0.3 is 6.36 Å². The third-order valence-corrected chi connectivity index (χ3v) is 4.16. The molecule has 0 amide bonds. The van der Waals surface area contributed by atoms with Crippen molar-refractivity contribution in [3.8, 4) is 17.0 Å². The van der Waals surface area contributed by atoms with E-state index in [-0.39, 0.29) is 11.7 Å². The molecule has 0 atom stereocenters. The van der Waals surface area contributed by atoms with Gasteiger partial charge in [0.25, 0.3) is 0 Å². The fourth-order valence-corrected chi connectivity index (χ4v) is 2.80. The molecule has 0 aliphatic carbocycles. The number of hydrogen-bond acceptors (Lipinski definition) is 5. The lowest BCUT2D eigenvalue weighted by Gasteiger charge is -2.12. The molecule has 2 aromatic carbocycles. The minimum absolute atomic E-state index is 0.250. The van der Waals surface area contributed by atoms with E-state index in [9.17, 15) is 17.6 Å². The third kappa shape index (κ3) is 5.10. The normalized spacial score (nSPS) is 11.2. The summed E-state index contributed by atoms with van der Waals surface area (Å²) in [7, 11) is 1.61. The Morgan fingerprint density at radius 2 is 1.82 bits per heavy atom. The highest BCUT2D eigenvalue weighted by Crippen LogP contribution is 2.30. The Morgan fingerprint density at radius 1 is 1.04 bits per heavy atom. The molecule has 0 spiro atoms. The fraction of sp³-hybridized carbons (Fsp3) is 0.111. The van der Waals surface area contributed by atoms with Crippen LogP contribution in [0, 0.1) is 5.82 Å². The highest BCUT2D eigenvalue weighted by Gasteiger charge is 2.31. The summed E-state index contributed by atoms with van der Waals surface area (Å²) in [6.07, 6.45) is -4.79. The van der Waals surface area contributed by atoms with Gasteiger partial charge in [-0.3, -0.25) is 0 Å². The number of rotatable bonds is 5. The molecule has 3 rings (SSSR count). The lowest BCUT2D eigenvalue weighted by molar-refractivity contribution is -0.274. The van der Waals surface area contributed by atoms with Crippen molar-refractivity contribution in [1.82, 2.24) is 9.97 Å². The molecule has 5 nitrogen and oxygen atoms in total. The number of ether oxygens (including phenoxy) is 1. The topological polar surface area (TPSA) is 59.1 Å². The number of benzene rings is 2. The minimum Gasteiger partial charge on any atom is -0.406 e. The van der Waals surface area contributed by atoms with Crippen LogP contribution in [0.1, 0.15) is 0 Å². The molecule has 0 bridgehead atoms. The van der Waals surface area contributed by atoms with Gasteiger partial charge in [0.2, 0.25) is 5.95 Å². The number of nitrogens with one attached hydrogen (secondary N) is 2. The lowest BCUT2D eigenvalue weighted by Crippen LogP contribution is -2.17. The smallest absolute Gasteiger partial charge is 0.406 e. The molecule has 0 fully saturated rings. The standard InChI is InChI=1S/C18H13BrF4N4O/c1-24-17-26-15(10-3-2-4-12(7-10)28-18(21,22)23)9-16(27-17)25-14-6-5-11(20)8-13(14)19/h2-9H,1H3,(H2,24,25,26,27). The Morgan fingerprint density at radius 3 is 2.50 bits per heavy atom. The van der Waals surface area contributed by atoms with E-state index in [1.165, 1.54) is 36.4 Å². The van der Waals surface area contributed by atoms with Gasteiger partial charge in [0.1, 0.15) is 17.4 Å². The van der Waals surface area contributed by atoms with E-state index in [4.69, 9.17) is 0 Å². The largest absolute Gasteiger partial charge is 0.573 e. The van der Waals surface area contributed by atoms with E-state index in [1.54, 1.807) is 19.2 Å². The Bertz CT molecular complexity index is 998. The van der Waals surface area contributed by atoms with Gasteiger partial charge in [-0.15, -0.1) is 13.2 Å². The van der Waals surface area contributed by atoms with Gasteiger partial charge in [0, 0.05) is 23.2 Å². The SMILES string of the molecule is CNc1nc(Nc2ccc(F)cc2Br)cc(-c2cccc(OC(F)(F)F)c2)n1. The first-order valence-corrected chi connectivity index (χ1v) is 8.68. The average Bonchev–Trinajstić information content (AvgIpc) is 2.62. The summed E-state index contributed by atoms with van der Waals surface area (Å²) in [5.41, 5.74) is 1.33. The van der Waals surface area contributed by atoms with Crippen LogP contribution < -0.4 is 15.4 Å². The number of halogens is 5. The van der Waals surface area contributed by atoms with Crippen molar-refractivity contribution in [2.75, 3.05) is 17.7 Å². The molecule has 28 heavy (non-hydrogen) atoms. The summed E-state index contributed by atoms with van der Waals surface area (Å²) in [5.74, 6) is -0.146. The Labute approximate surface area is 165 Å². The molecule has 3 aromatic rings. The first-order chi connectivity index (χ1) is 13.2. The quantitative estimate of drug-likeness (QED) is 0.480. The van der Waals surface area contributed by atoms with Gasteiger partial charge in [0.15, 0.2) is 0 Å². The lowest BCUT2D eigenvalue weighted by atomic mass is 10.1. The van der Waals surface area contributed by atoms with E-state index < -0.39 is 12.2 Å². The van der Waals surface area contributed by atoms with Gasteiger partial charge in [-0.05, 0) is 46.3 Å². The van der Waals surface area contributed by atoms with Crippen LogP contribution in [0.2, 0.25) is 0 Å². The van der Waals surface area contributed by atoms with Crippen molar-refractivity contribution in [3.63, 3.8) is 0 Å². The molecule has 1 aromatic heterocycles. The maximum atomic E-state index is 13.3. The van der Waals surface area contributed by atoms with E-state index in [0.717, 1.165) is 0 Å². The Balaban J connectivity index is 1.96. The number of hydrogen-bond donors (Lipinski definition) is 2. The van der Waals surface area contributed by atoms with Crippen molar-refractivity contribution in [1.29, 1.82) is 0 Å². The van der Waals surface area contributed by atoms with Gasteiger partial charge in [-0.25, -0.2) is 9.37 Å². The molecule has 0 aliphatic rings. The van der Waals surface area contributed by atoms with Crippen LogP contribution in [-0.4, -0.2) is 23.4 Å². The summed E-state index contributed by atoms with van der Waals surface area (Å²) in [6, 6.07) is 11.1. The molecule has 0 aliphatic heterocycles. The van der Waals surface area contributed by atoms with Gasteiger partial charge < -0.3 is 15.4 Å². The zero-order valence-electron chi connectivity index (χ0n) is 14.3. The highest BCUT2D eigenvalue weighted by molar-refractivity contribution is 9.10. The second-order valence-electron chi connectivity index (χ2n) is 5.54. The molecule has 0 unspecified atom stereocenters. The number of aromatic nitrogens is 2. The Kier molecular flexibility index (Phi) is 5.68. The molecule has 0 radical (unpaired) electrons. The summed E-state index contributed by atoms with van der Waals surface area (Å²) in [4.78, 5) is 8.53. The minimum atomic E-state index is -4.79. The fourth-order valence-electron chi connectivity index (χ4n) is 2.35. The van der Waals surface area contributed by atoms with Crippen LogP contribution in [-0.2, 0) is 0 Å². The summed E-state index contributed by atoms with van der Waals surface area (Å²) in [5, 5.41) is 5.82. The van der Waals surface area contributed by atoms with Crippen LogP contribution in [0.5, 0.6) is 5.75 Å². The van der Waals surface area contributed by atoms with E-state index in [1.807, 2.05) is 0 Å². The first kappa shape index (κ1) is 19.9. The predicted octanol–water partition coefficient (Wildman–Crippen LogP) is 5.73. The van der Waals surface area contributed by atoms with Crippen LogP contribution >= 0.6 is 15.9 Å². The monoisotopic (exact) mass is 456 g/mol. The Hall–Kier alpha value is -2.88. The molecule has 0 saturated heterocycles. The molecular formula is C18H13BrF4N4O. The number of anilines is 3. The van der Waals surface area contributed by atoms with Crippen molar-refractivity contribution >= 4 is 33.4 Å². The van der Waals surface area contributed by atoms with Crippen molar-refractivity contribution in [3.05, 3.63) is 58.8 Å². The van der Waals surface area contributed by atoms with E-state index in [2.05, 4.69) is 41.3 Å². The maximum Gasteiger partial charge on any atom is 0.573 e. The van der Waals surface area contributed by atoms with E-state index in [0.29, 0.717) is 27.2 Å². The highest BCUT2D eigenvalue weighted by atomic mass is 79.9. The van der Waals surface area contributed by atoms with Gasteiger partial charge in [0.05, 0.1) is 11.4 Å². The van der Waals surface area contributed by atoms with E-state index >= 15 is 0 Å². The number of nitrogens with zero attached hydrogens (tertiary/aromatic N) is 2. The first-order valence-electron chi connectivity index (χ1n) is 7.88. The molecule has 10 heteroatoms. The van der Waals surface area contributed by atoms with Crippen LogP contribution in [0.25, 0.3) is 11.3 Å². The van der Waals surface area contributed by atoms with Crippen molar-refractivity contribution in [2.24, 2.45) is 0 Å². The predicted molar refractivity (Wildman–Crippen MR) is 101 cm³/mol. The second kappa shape index (κ2) is 8.01. The molecular weight excluding hydrogens is 444 g/mol. The zero-order valence-corrected chi connectivity index (χ0v) is 15.9. The number of alkyl halides is 3. The maximum absolute atomic E-state index is 13.3. The van der Waals surface area contributed by atoms with Crippen molar-refractivity contribution < 1.29 is 22.3 Å². The van der Waals surface area contributed by atoms with Crippen LogP contribution in [0.3, 0.4) is 0 Å². The van der Waals surface area contributed by atoms with Crippen molar-refractivity contribution in [2.45, 2.75) is 6.36 Å². The van der Waals surface area contributed by atoms with Crippen LogP contribution in [0.15, 0.2) is 53.0 Å². The van der Waals surface area contributed by atoms with Gasteiger partial charge in [-0.1, -0.05) is 12.1 Å². The molecule has 146 valence electrons. The zero-order chi connectivity index (χ0) is 20.3.